The van der Waals surface area contributed by atoms with E-state index in [2.05, 4.69) is 5.32 Å². The maximum Gasteiger partial charge on any atom is 0.129 e. The second kappa shape index (κ2) is 7.53. The highest BCUT2D eigenvalue weighted by Crippen LogP contribution is 2.17. The van der Waals surface area contributed by atoms with E-state index in [0.717, 1.165) is 12.1 Å². The van der Waals surface area contributed by atoms with Gasteiger partial charge in [0.1, 0.15) is 11.6 Å². The Labute approximate surface area is 128 Å². The summed E-state index contributed by atoms with van der Waals surface area (Å²) in [6, 6.07) is 11.5. The minimum atomic E-state index is -0.496. The third kappa shape index (κ3) is 4.51. The molecule has 0 fully saturated rings. The van der Waals surface area contributed by atoms with Gasteiger partial charge in [-0.05, 0) is 49.2 Å². The lowest BCUT2D eigenvalue weighted by atomic mass is 9.98. The first-order valence-corrected chi connectivity index (χ1v) is 7.38. The fourth-order valence-electron chi connectivity index (χ4n) is 2.43. The average Bonchev–Trinajstić information content (AvgIpc) is 2.43. The van der Waals surface area contributed by atoms with Crippen molar-refractivity contribution in [2.45, 2.75) is 25.8 Å². The highest BCUT2D eigenvalue weighted by Gasteiger charge is 2.15. The Morgan fingerprint density at radius 3 is 2.33 bits per heavy atom. The summed E-state index contributed by atoms with van der Waals surface area (Å²) in [6.07, 6.45) is 0.973. The highest BCUT2D eigenvalue weighted by molar-refractivity contribution is 6.30. The molecule has 2 rings (SSSR count). The molecule has 21 heavy (non-hydrogen) atoms. The second-order valence-electron chi connectivity index (χ2n) is 4.99. The van der Waals surface area contributed by atoms with Gasteiger partial charge >= 0.3 is 0 Å². The zero-order valence-electron chi connectivity index (χ0n) is 11.9. The molecule has 0 aliphatic rings. The van der Waals surface area contributed by atoms with Gasteiger partial charge < -0.3 is 5.32 Å². The van der Waals surface area contributed by atoms with Gasteiger partial charge in [-0.2, -0.15) is 0 Å². The van der Waals surface area contributed by atoms with Crippen molar-refractivity contribution in [2.24, 2.45) is 0 Å². The minimum absolute atomic E-state index is 0.0418. The number of hydrogen-bond donors (Lipinski definition) is 1. The van der Waals surface area contributed by atoms with Gasteiger partial charge in [0, 0.05) is 16.6 Å². The average molecular weight is 310 g/mol. The van der Waals surface area contributed by atoms with E-state index in [-0.39, 0.29) is 11.6 Å². The molecule has 4 heteroatoms. The molecular weight excluding hydrogens is 292 g/mol. The Morgan fingerprint density at radius 1 is 1.05 bits per heavy atom. The third-order valence-electron chi connectivity index (χ3n) is 3.38. The first-order chi connectivity index (χ1) is 10.1. The molecule has 0 aliphatic heterocycles. The summed E-state index contributed by atoms with van der Waals surface area (Å²) in [7, 11) is 0. The zero-order chi connectivity index (χ0) is 15.2. The molecule has 1 unspecified atom stereocenters. The lowest BCUT2D eigenvalue weighted by molar-refractivity contribution is 0.484. The van der Waals surface area contributed by atoms with Crippen LogP contribution < -0.4 is 5.32 Å². The van der Waals surface area contributed by atoms with Gasteiger partial charge in [0.2, 0.25) is 0 Å². The van der Waals surface area contributed by atoms with Crippen molar-refractivity contribution in [1.82, 2.24) is 5.32 Å². The van der Waals surface area contributed by atoms with Crippen molar-refractivity contribution in [3.8, 4) is 0 Å². The number of hydrogen-bond acceptors (Lipinski definition) is 1. The summed E-state index contributed by atoms with van der Waals surface area (Å²) < 4.78 is 27.5. The van der Waals surface area contributed by atoms with Crippen LogP contribution in [-0.4, -0.2) is 12.6 Å². The SMILES string of the molecule is CCNC(Cc1cccc(Cl)c1)Cc1c(F)cccc1F. The van der Waals surface area contributed by atoms with Crippen LogP contribution >= 0.6 is 11.6 Å². The fourth-order valence-corrected chi connectivity index (χ4v) is 2.64. The number of nitrogens with one attached hydrogen (secondary N) is 1. The van der Waals surface area contributed by atoms with Gasteiger partial charge in [0.15, 0.2) is 0 Å². The molecule has 0 spiro atoms. The topological polar surface area (TPSA) is 12.0 Å². The van der Waals surface area contributed by atoms with Gasteiger partial charge in [-0.15, -0.1) is 0 Å². The predicted octanol–water partition coefficient (Wildman–Crippen LogP) is 4.38. The maximum absolute atomic E-state index is 13.8. The largest absolute Gasteiger partial charge is 0.314 e. The molecule has 0 saturated carbocycles. The van der Waals surface area contributed by atoms with Crippen LogP contribution in [0.15, 0.2) is 42.5 Å². The summed E-state index contributed by atoms with van der Waals surface area (Å²) in [4.78, 5) is 0. The van der Waals surface area contributed by atoms with Crippen molar-refractivity contribution in [1.29, 1.82) is 0 Å². The van der Waals surface area contributed by atoms with Crippen molar-refractivity contribution < 1.29 is 8.78 Å². The Bertz CT molecular complexity index is 581. The zero-order valence-corrected chi connectivity index (χ0v) is 12.6. The molecular formula is C17H18ClF2N. The van der Waals surface area contributed by atoms with E-state index in [1.165, 1.54) is 18.2 Å². The Balaban J connectivity index is 2.16. The lowest BCUT2D eigenvalue weighted by Gasteiger charge is -2.19. The molecule has 0 radical (unpaired) electrons. The van der Waals surface area contributed by atoms with Crippen LogP contribution in [0.1, 0.15) is 18.1 Å². The predicted molar refractivity (Wildman–Crippen MR) is 82.7 cm³/mol. The molecule has 0 heterocycles. The van der Waals surface area contributed by atoms with Gasteiger partial charge in [0.05, 0.1) is 0 Å². The van der Waals surface area contributed by atoms with Crippen molar-refractivity contribution in [3.63, 3.8) is 0 Å². The van der Waals surface area contributed by atoms with Gasteiger partial charge in [-0.25, -0.2) is 8.78 Å². The van der Waals surface area contributed by atoms with Crippen LogP contribution in [0, 0.1) is 11.6 Å². The van der Waals surface area contributed by atoms with Crippen LogP contribution in [-0.2, 0) is 12.8 Å². The van der Waals surface area contributed by atoms with Crippen molar-refractivity contribution in [3.05, 3.63) is 70.2 Å². The molecule has 1 nitrogen and oxygen atoms in total. The molecule has 1 N–H and O–H groups in total. The van der Waals surface area contributed by atoms with Crippen LogP contribution in [0.3, 0.4) is 0 Å². The molecule has 1 atom stereocenters. The lowest BCUT2D eigenvalue weighted by Crippen LogP contribution is -2.33. The van der Waals surface area contributed by atoms with Crippen LogP contribution in [0.25, 0.3) is 0 Å². The van der Waals surface area contributed by atoms with Crippen LogP contribution in [0.2, 0.25) is 5.02 Å². The maximum atomic E-state index is 13.8. The standard InChI is InChI=1S/C17H18ClF2N/c1-2-21-14(10-12-5-3-6-13(18)9-12)11-15-16(19)7-4-8-17(15)20/h3-9,14,21H,2,10-11H2,1H3. The third-order valence-corrected chi connectivity index (χ3v) is 3.61. The number of rotatable bonds is 6. The molecule has 0 aliphatic carbocycles. The van der Waals surface area contributed by atoms with E-state index in [0.29, 0.717) is 17.9 Å². The molecule has 0 saturated heterocycles. The van der Waals surface area contributed by atoms with E-state index >= 15 is 0 Å². The highest BCUT2D eigenvalue weighted by atomic mass is 35.5. The smallest absolute Gasteiger partial charge is 0.129 e. The number of likely N-dealkylation sites (N-methyl/N-ethyl adjacent to an activating group) is 1. The molecule has 2 aromatic carbocycles. The van der Waals surface area contributed by atoms with Crippen LogP contribution in [0.4, 0.5) is 8.78 Å². The van der Waals surface area contributed by atoms with Gasteiger partial charge in [0.25, 0.3) is 0 Å². The van der Waals surface area contributed by atoms with Gasteiger partial charge in [-0.3, -0.25) is 0 Å². The van der Waals surface area contributed by atoms with E-state index in [1.54, 1.807) is 0 Å². The first-order valence-electron chi connectivity index (χ1n) is 7.01. The summed E-state index contributed by atoms with van der Waals surface area (Å²) in [6.45, 7) is 2.71. The summed E-state index contributed by atoms with van der Waals surface area (Å²) in [5.41, 5.74) is 1.18. The normalized spacial score (nSPS) is 12.4. The van der Waals surface area contributed by atoms with Crippen molar-refractivity contribution >= 4 is 11.6 Å². The quantitative estimate of drug-likeness (QED) is 0.835. The molecule has 0 aromatic heterocycles. The Hall–Kier alpha value is -1.45. The second-order valence-corrected chi connectivity index (χ2v) is 5.43. The molecule has 0 bridgehead atoms. The van der Waals surface area contributed by atoms with E-state index in [9.17, 15) is 8.78 Å². The Morgan fingerprint density at radius 2 is 1.71 bits per heavy atom. The number of halogens is 3. The molecule has 112 valence electrons. The summed E-state index contributed by atoms with van der Waals surface area (Å²) in [5, 5.41) is 3.94. The fraction of sp³-hybridized carbons (Fsp3) is 0.294. The summed E-state index contributed by atoms with van der Waals surface area (Å²) >= 11 is 5.98. The van der Waals surface area contributed by atoms with Crippen molar-refractivity contribution in [2.75, 3.05) is 6.54 Å². The van der Waals surface area contributed by atoms with Gasteiger partial charge in [-0.1, -0.05) is 36.7 Å². The summed E-state index contributed by atoms with van der Waals surface area (Å²) in [5.74, 6) is -0.993. The molecule has 0 amide bonds. The minimum Gasteiger partial charge on any atom is -0.314 e. The van der Waals surface area contributed by atoms with E-state index < -0.39 is 11.6 Å². The monoisotopic (exact) mass is 309 g/mol. The van der Waals surface area contributed by atoms with E-state index in [4.69, 9.17) is 11.6 Å². The Kier molecular flexibility index (Phi) is 5.71. The number of benzene rings is 2. The van der Waals surface area contributed by atoms with Crippen LogP contribution in [0.5, 0.6) is 0 Å². The first kappa shape index (κ1) is 15.9. The van der Waals surface area contributed by atoms with E-state index in [1.807, 2.05) is 31.2 Å². The molecule has 2 aromatic rings.